The fourth-order valence-corrected chi connectivity index (χ4v) is 1.87. The molecule has 4 heteroatoms. The molecule has 0 saturated heterocycles. The SMILES string of the molecule is CCOC(C)(C)c1nc(C)c(CNC)c(C)n1. The first-order valence-electron chi connectivity index (χ1n) is 6.05. The van der Waals surface area contributed by atoms with Crippen molar-refractivity contribution in [3.8, 4) is 0 Å². The van der Waals surface area contributed by atoms with Crippen molar-refractivity contribution in [2.75, 3.05) is 13.7 Å². The lowest BCUT2D eigenvalue weighted by molar-refractivity contribution is -0.0210. The molecule has 0 aliphatic heterocycles. The molecule has 1 rings (SSSR count). The van der Waals surface area contributed by atoms with E-state index in [-0.39, 0.29) is 0 Å². The van der Waals surface area contributed by atoms with Gasteiger partial charge in [0.15, 0.2) is 5.82 Å². The fraction of sp³-hybridized carbons (Fsp3) is 0.692. The van der Waals surface area contributed by atoms with E-state index < -0.39 is 5.60 Å². The number of aromatic nitrogens is 2. The molecule has 1 N–H and O–H groups in total. The van der Waals surface area contributed by atoms with Gasteiger partial charge in [-0.3, -0.25) is 0 Å². The van der Waals surface area contributed by atoms with Crippen LogP contribution in [0.2, 0.25) is 0 Å². The van der Waals surface area contributed by atoms with Crippen molar-refractivity contribution in [3.05, 3.63) is 22.8 Å². The summed E-state index contributed by atoms with van der Waals surface area (Å²) < 4.78 is 5.68. The van der Waals surface area contributed by atoms with E-state index in [1.54, 1.807) is 0 Å². The van der Waals surface area contributed by atoms with Gasteiger partial charge in [-0.1, -0.05) is 0 Å². The van der Waals surface area contributed by atoms with E-state index in [1.807, 2.05) is 41.7 Å². The van der Waals surface area contributed by atoms with Crippen molar-refractivity contribution in [3.63, 3.8) is 0 Å². The van der Waals surface area contributed by atoms with Crippen LogP contribution in [0.4, 0.5) is 0 Å². The minimum Gasteiger partial charge on any atom is -0.368 e. The summed E-state index contributed by atoms with van der Waals surface area (Å²) in [6, 6.07) is 0. The standard InChI is InChI=1S/C13H23N3O/c1-7-17-13(4,5)12-15-9(2)11(8-14-6)10(3)16-12/h14H,7-8H2,1-6H3. The third-order valence-corrected chi connectivity index (χ3v) is 2.82. The van der Waals surface area contributed by atoms with E-state index in [1.165, 1.54) is 5.56 Å². The maximum absolute atomic E-state index is 5.68. The molecule has 0 aliphatic carbocycles. The topological polar surface area (TPSA) is 47.0 Å². The highest BCUT2D eigenvalue weighted by atomic mass is 16.5. The molecule has 0 fully saturated rings. The number of hydrogen-bond acceptors (Lipinski definition) is 4. The Hall–Kier alpha value is -1.00. The average molecular weight is 237 g/mol. The van der Waals surface area contributed by atoms with E-state index in [0.29, 0.717) is 6.61 Å². The predicted octanol–water partition coefficient (Wildman–Crippen LogP) is 2.08. The number of ether oxygens (including phenoxy) is 1. The van der Waals surface area contributed by atoms with Crippen molar-refractivity contribution in [2.24, 2.45) is 0 Å². The summed E-state index contributed by atoms with van der Waals surface area (Å²) in [5.74, 6) is 0.759. The van der Waals surface area contributed by atoms with Crippen LogP contribution >= 0.6 is 0 Å². The Balaban J connectivity index is 3.13. The summed E-state index contributed by atoms with van der Waals surface area (Å²) >= 11 is 0. The Labute approximate surface area is 104 Å². The number of nitrogens with zero attached hydrogens (tertiary/aromatic N) is 2. The molecule has 0 bridgehead atoms. The van der Waals surface area contributed by atoms with Gasteiger partial charge < -0.3 is 10.1 Å². The summed E-state index contributed by atoms with van der Waals surface area (Å²) in [7, 11) is 1.93. The highest BCUT2D eigenvalue weighted by Crippen LogP contribution is 2.23. The number of hydrogen-bond donors (Lipinski definition) is 1. The number of rotatable bonds is 5. The third kappa shape index (κ3) is 3.23. The Morgan fingerprint density at radius 1 is 1.18 bits per heavy atom. The van der Waals surface area contributed by atoms with Gasteiger partial charge in [0.05, 0.1) is 0 Å². The normalized spacial score (nSPS) is 11.9. The lowest BCUT2D eigenvalue weighted by Gasteiger charge is -2.24. The van der Waals surface area contributed by atoms with Crippen LogP contribution in [0.25, 0.3) is 0 Å². The molecular weight excluding hydrogens is 214 g/mol. The minimum absolute atomic E-state index is 0.428. The molecule has 0 radical (unpaired) electrons. The molecule has 1 heterocycles. The fourth-order valence-electron chi connectivity index (χ4n) is 1.87. The van der Waals surface area contributed by atoms with Gasteiger partial charge in [0.2, 0.25) is 0 Å². The van der Waals surface area contributed by atoms with Gasteiger partial charge in [0.25, 0.3) is 0 Å². The zero-order chi connectivity index (χ0) is 13.1. The summed E-state index contributed by atoms with van der Waals surface area (Å²) in [4.78, 5) is 9.13. The highest BCUT2D eigenvalue weighted by molar-refractivity contribution is 5.25. The quantitative estimate of drug-likeness (QED) is 0.851. The van der Waals surface area contributed by atoms with E-state index in [0.717, 1.165) is 23.8 Å². The molecule has 0 unspecified atom stereocenters. The molecule has 0 aromatic carbocycles. The molecule has 0 atom stereocenters. The second kappa shape index (κ2) is 5.56. The maximum Gasteiger partial charge on any atom is 0.160 e. The molecule has 0 saturated carbocycles. The van der Waals surface area contributed by atoms with Gasteiger partial charge in [-0.05, 0) is 41.7 Å². The zero-order valence-electron chi connectivity index (χ0n) is 11.7. The average Bonchev–Trinajstić information content (AvgIpc) is 2.23. The van der Waals surface area contributed by atoms with Crippen molar-refractivity contribution in [1.82, 2.24) is 15.3 Å². The predicted molar refractivity (Wildman–Crippen MR) is 68.9 cm³/mol. The van der Waals surface area contributed by atoms with Crippen molar-refractivity contribution >= 4 is 0 Å². The summed E-state index contributed by atoms with van der Waals surface area (Å²) in [6.07, 6.45) is 0. The van der Waals surface area contributed by atoms with E-state index in [2.05, 4.69) is 15.3 Å². The minimum atomic E-state index is -0.428. The van der Waals surface area contributed by atoms with Crippen LogP contribution in [-0.4, -0.2) is 23.6 Å². The van der Waals surface area contributed by atoms with Crippen molar-refractivity contribution in [2.45, 2.75) is 46.8 Å². The first-order valence-corrected chi connectivity index (χ1v) is 6.05. The smallest absolute Gasteiger partial charge is 0.160 e. The van der Waals surface area contributed by atoms with Gasteiger partial charge >= 0.3 is 0 Å². The molecule has 0 aliphatic rings. The lowest BCUT2D eigenvalue weighted by atomic mass is 10.1. The largest absolute Gasteiger partial charge is 0.368 e. The molecule has 0 spiro atoms. The second-order valence-corrected chi connectivity index (χ2v) is 4.67. The van der Waals surface area contributed by atoms with Crippen LogP contribution < -0.4 is 5.32 Å². The molecule has 1 aromatic heterocycles. The Kier molecular flexibility index (Phi) is 4.60. The Morgan fingerprint density at radius 3 is 2.12 bits per heavy atom. The van der Waals surface area contributed by atoms with Crippen LogP contribution in [0.1, 0.15) is 43.5 Å². The first-order chi connectivity index (χ1) is 7.92. The zero-order valence-corrected chi connectivity index (χ0v) is 11.7. The molecule has 4 nitrogen and oxygen atoms in total. The monoisotopic (exact) mass is 237 g/mol. The summed E-state index contributed by atoms with van der Waals surface area (Å²) in [5, 5.41) is 3.14. The van der Waals surface area contributed by atoms with Crippen LogP contribution in [0.5, 0.6) is 0 Å². The van der Waals surface area contributed by atoms with Crippen LogP contribution in [0, 0.1) is 13.8 Å². The summed E-state index contributed by atoms with van der Waals surface area (Å²) in [6.45, 7) is 11.5. The Morgan fingerprint density at radius 2 is 1.71 bits per heavy atom. The van der Waals surface area contributed by atoms with Gasteiger partial charge in [-0.15, -0.1) is 0 Å². The van der Waals surface area contributed by atoms with Crippen molar-refractivity contribution < 1.29 is 4.74 Å². The lowest BCUT2D eigenvalue weighted by Crippen LogP contribution is -2.26. The molecule has 96 valence electrons. The summed E-state index contributed by atoms with van der Waals surface area (Å²) in [5.41, 5.74) is 2.79. The molecule has 1 aromatic rings. The van der Waals surface area contributed by atoms with Gasteiger partial charge in [-0.25, -0.2) is 9.97 Å². The van der Waals surface area contributed by atoms with Crippen LogP contribution in [-0.2, 0) is 16.9 Å². The van der Waals surface area contributed by atoms with Crippen LogP contribution in [0.3, 0.4) is 0 Å². The molecule has 0 amide bonds. The third-order valence-electron chi connectivity index (χ3n) is 2.82. The molecule has 17 heavy (non-hydrogen) atoms. The van der Waals surface area contributed by atoms with Crippen molar-refractivity contribution in [1.29, 1.82) is 0 Å². The van der Waals surface area contributed by atoms with E-state index in [4.69, 9.17) is 4.74 Å². The molecular formula is C13H23N3O. The van der Waals surface area contributed by atoms with Crippen LogP contribution in [0.15, 0.2) is 0 Å². The van der Waals surface area contributed by atoms with E-state index in [9.17, 15) is 0 Å². The number of aryl methyl sites for hydroxylation is 2. The Bertz CT molecular complexity index is 365. The van der Waals surface area contributed by atoms with Gasteiger partial charge in [-0.2, -0.15) is 0 Å². The van der Waals surface area contributed by atoms with Gasteiger partial charge in [0.1, 0.15) is 5.60 Å². The maximum atomic E-state index is 5.68. The highest BCUT2D eigenvalue weighted by Gasteiger charge is 2.25. The number of nitrogens with one attached hydrogen (secondary N) is 1. The van der Waals surface area contributed by atoms with Gasteiger partial charge in [0, 0.05) is 30.1 Å². The first kappa shape index (κ1) is 14.1. The van der Waals surface area contributed by atoms with E-state index >= 15 is 0 Å². The second-order valence-electron chi connectivity index (χ2n) is 4.67.